The Bertz CT molecular complexity index is 621. The molecule has 0 radical (unpaired) electrons. The predicted octanol–water partition coefficient (Wildman–Crippen LogP) is 3.35. The molecule has 2 heterocycles. The van der Waals surface area contributed by atoms with Crippen LogP contribution in [0, 0.1) is 0 Å². The minimum absolute atomic E-state index is 0.336. The lowest BCUT2D eigenvalue weighted by molar-refractivity contribution is -0.134. The molecule has 3 rings (SSSR count). The monoisotopic (exact) mass is 330 g/mol. The number of carbonyl (C=O) groups excluding carboxylic acids is 2. The van der Waals surface area contributed by atoms with Crippen LogP contribution >= 0.6 is 11.8 Å². The van der Waals surface area contributed by atoms with Gasteiger partial charge in [0.25, 0.3) is 0 Å². The summed E-state index contributed by atoms with van der Waals surface area (Å²) in [6, 6.07) is 7.46. The SMILES string of the molecule is CCCCCC1(N2Cc3ccccc3C2C(=O)C=O)NC=CS1. The lowest BCUT2D eigenvalue weighted by Crippen LogP contribution is -2.53. The zero-order chi connectivity index (χ0) is 16.3. The van der Waals surface area contributed by atoms with Crippen molar-refractivity contribution in [2.75, 3.05) is 0 Å². The maximum atomic E-state index is 12.3. The highest BCUT2D eigenvalue weighted by molar-refractivity contribution is 8.03. The van der Waals surface area contributed by atoms with Crippen molar-refractivity contribution in [2.45, 2.75) is 50.2 Å². The van der Waals surface area contributed by atoms with Crippen molar-refractivity contribution < 1.29 is 9.59 Å². The normalized spacial score (nSPS) is 26.0. The molecule has 4 nitrogen and oxygen atoms in total. The molecule has 0 aromatic heterocycles. The van der Waals surface area contributed by atoms with E-state index in [4.69, 9.17) is 0 Å². The van der Waals surface area contributed by atoms with Gasteiger partial charge in [0.2, 0.25) is 5.78 Å². The van der Waals surface area contributed by atoms with Crippen molar-refractivity contribution in [1.29, 1.82) is 0 Å². The minimum Gasteiger partial charge on any atom is -0.364 e. The van der Waals surface area contributed by atoms with E-state index in [1.165, 1.54) is 0 Å². The van der Waals surface area contributed by atoms with Gasteiger partial charge in [-0.2, -0.15) is 0 Å². The number of thioether (sulfide) groups is 1. The maximum Gasteiger partial charge on any atom is 0.216 e. The van der Waals surface area contributed by atoms with Gasteiger partial charge in [0.15, 0.2) is 6.29 Å². The van der Waals surface area contributed by atoms with Gasteiger partial charge < -0.3 is 5.32 Å². The molecule has 0 aliphatic carbocycles. The molecule has 1 N–H and O–H groups in total. The van der Waals surface area contributed by atoms with Gasteiger partial charge in [-0.25, -0.2) is 0 Å². The molecule has 1 aromatic carbocycles. The largest absolute Gasteiger partial charge is 0.364 e. The first-order valence-electron chi connectivity index (χ1n) is 8.16. The van der Waals surface area contributed by atoms with Gasteiger partial charge in [0.05, 0.1) is 0 Å². The molecule has 0 spiro atoms. The Kier molecular flexibility index (Phi) is 4.87. The Morgan fingerprint density at radius 3 is 2.96 bits per heavy atom. The highest BCUT2D eigenvalue weighted by Gasteiger charge is 2.48. The number of hydrogen-bond donors (Lipinski definition) is 1. The van der Waals surface area contributed by atoms with E-state index in [9.17, 15) is 9.59 Å². The molecular formula is C18H22N2O2S. The second-order valence-corrected chi connectivity index (χ2v) is 7.24. The number of Topliss-reactive ketones (excluding diaryl/α,β-unsaturated/α-hetero) is 1. The van der Waals surface area contributed by atoms with Crippen LogP contribution < -0.4 is 5.32 Å². The van der Waals surface area contributed by atoms with Crippen molar-refractivity contribution >= 4 is 23.8 Å². The van der Waals surface area contributed by atoms with Crippen LogP contribution in [0.3, 0.4) is 0 Å². The van der Waals surface area contributed by atoms with E-state index in [2.05, 4.69) is 17.1 Å². The van der Waals surface area contributed by atoms with Crippen LogP contribution in [0.15, 0.2) is 35.9 Å². The lowest BCUT2D eigenvalue weighted by Gasteiger charge is -2.41. The van der Waals surface area contributed by atoms with Crippen LogP contribution in [0.5, 0.6) is 0 Å². The highest BCUT2D eigenvalue weighted by Crippen LogP contribution is 2.46. The third kappa shape index (κ3) is 2.95. The molecule has 5 heteroatoms. The fraction of sp³-hybridized carbons (Fsp3) is 0.444. The van der Waals surface area contributed by atoms with Crippen molar-refractivity contribution in [3.05, 3.63) is 47.0 Å². The van der Waals surface area contributed by atoms with Crippen LogP contribution in [-0.2, 0) is 16.1 Å². The number of carbonyl (C=O) groups is 2. The van der Waals surface area contributed by atoms with Crippen LogP contribution in [-0.4, -0.2) is 22.0 Å². The lowest BCUT2D eigenvalue weighted by atomic mass is 10.0. The summed E-state index contributed by atoms with van der Waals surface area (Å²) in [5.74, 6) is -0.362. The number of unbranched alkanes of at least 4 members (excludes halogenated alkanes) is 2. The molecule has 2 unspecified atom stereocenters. The zero-order valence-electron chi connectivity index (χ0n) is 13.3. The molecule has 0 fully saturated rings. The molecule has 2 atom stereocenters. The Balaban J connectivity index is 1.93. The fourth-order valence-electron chi connectivity index (χ4n) is 3.48. The number of nitrogens with zero attached hydrogens (tertiary/aromatic N) is 1. The Morgan fingerprint density at radius 1 is 1.43 bits per heavy atom. The summed E-state index contributed by atoms with van der Waals surface area (Å²) in [6.45, 7) is 2.87. The quantitative estimate of drug-likeness (QED) is 0.472. The molecule has 0 bridgehead atoms. The summed E-state index contributed by atoms with van der Waals surface area (Å²) in [4.78, 5) is 25.4. The number of benzene rings is 1. The van der Waals surface area contributed by atoms with Crippen LogP contribution in [0.25, 0.3) is 0 Å². The first kappa shape index (κ1) is 16.3. The summed E-state index contributed by atoms with van der Waals surface area (Å²) in [5, 5.41) is 5.49. The number of aldehydes is 1. The van der Waals surface area contributed by atoms with Gasteiger partial charge in [0, 0.05) is 12.7 Å². The molecule has 1 aromatic rings. The van der Waals surface area contributed by atoms with E-state index in [1.54, 1.807) is 11.8 Å². The van der Waals surface area contributed by atoms with Gasteiger partial charge in [0.1, 0.15) is 11.0 Å². The van der Waals surface area contributed by atoms with E-state index < -0.39 is 6.04 Å². The summed E-state index contributed by atoms with van der Waals surface area (Å²) in [5.41, 5.74) is 2.10. The van der Waals surface area contributed by atoms with Crippen LogP contribution in [0.2, 0.25) is 0 Å². The molecule has 122 valence electrons. The third-order valence-corrected chi connectivity index (χ3v) is 5.83. The van der Waals surface area contributed by atoms with E-state index in [1.807, 2.05) is 35.9 Å². The first-order chi connectivity index (χ1) is 11.2. The number of ketones is 1. The maximum absolute atomic E-state index is 12.3. The molecule has 0 saturated heterocycles. The predicted molar refractivity (Wildman–Crippen MR) is 92.5 cm³/mol. The molecule has 0 amide bonds. The van der Waals surface area contributed by atoms with Gasteiger partial charge in [-0.3, -0.25) is 14.5 Å². The Hall–Kier alpha value is -1.59. The standard InChI is InChI=1S/C18H22N2O2S/c1-2-3-6-9-18(19-10-11-23-18)20-12-14-7-4-5-8-15(14)17(20)16(22)13-21/h4-5,7-8,10-11,13,17,19H,2-3,6,9,12H2,1H3. The molecule has 0 saturated carbocycles. The average molecular weight is 330 g/mol. The van der Waals surface area contributed by atoms with E-state index >= 15 is 0 Å². The van der Waals surface area contributed by atoms with Crippen LogP contribution in [0.4, 0.5) is 0 Å². The Morgan fingerprint density at radius 2 is 2.26 bits per heavy atom. The van der Waals surface area contributed by atoms with Crippen LogP contribution in [0.1, 0.15) is 49.8 Å². The van der Waals surface area contributed by atoms with Gasteiger partial charge >= 0.3 is 0 Å². The Labute approximate surface area is 141 Å². The van der Waals surface area contributed by atoms with Crippen molar-refractivity contribution in [1.82, 2.24) is 10.2 Å². The number of nitrogens with one attached hydrogen (secondary N) is 1. The third-order valence-electron chi connectivity index (χ3n) is 4.61. The van der Waals surface area contributed by atoms with Crippen molar-refractivity contribution in [2.24, 2.45) is 0 Å². The second-order valence-electron chi connectivity index (χ2n) is 6.06. The first-order valence-corrected chi connectivity index (χ1v) is 9.04. The van der Waals surface area contributed by atoms with Gasteiger partial charge in [-0.05, 0) is 29.4 Å². The average Bonchev–Trinajstić information content (AvgIpc) is 3.19. The second kappa shape index (κ2) is 6.89. The van der Waals surface area contributed by atoms with Crippen molar-refractivity contribution in [3.63, 3.8) is 0 Å². The summed E-state index contributed by atoms with van der Waals surface area (Å²) < 4.78 is 0. The fourth-order valence-corrected chi connectivity index (χ4v) is 4.54. The zero-order valence-corrected chi connectivity index (χ0v) is 14.1. The number of fused-ring (bicyclic) bond motifs is 1. The minimum atomic E-state index is -0.481. The van der Waals surface area contributed by atoms with Crippen molar-refractivity contribution in [3.8, 4) is 0 Å². The van der Waals surface area contributed by atoms with Gasteiger partial charge in [-0.15, -0.1) is 0 Å². The number of rotatable bonds is 7. The van der Waals surface area contributed by atoms with Gasteiger partial charge in [-0.1, -0.05) is 55.8 Å². The number of hydrogen-bond acceptors (Lipinski definition) is 5. The topological polar surface area (TPSA) is 49.4 Å². The van der Waals surface area contributed by atoms with E-state index in [-0.39, 0.29) is 10.8 Å². The molecule has 2 aliphatic heterocycles. The van der Waals surface area contributed by atoms with E-state index in [0.717, 1.165) is 36.8 Å². The molecule has 2 aliphatic rings. The summed E-state index contributed by atoms with van der Waals surface area (Å²) in [6.07, 6.45) is 6.76. The summed E-state index contributed by atoms with van der Waals surface area (Å²) >= 11 is 1.71. The summed E-state index contributed by atoms with van der Waals surface area (Å²) in [7, 11) is 0. The molecular weight excluding hydrogens is 308 g/mol. The van der Waals surface area contributed by atoms with E-state index in [0.29, 0.717) is 12.8 Å². The molecule has 23 heavy (non-hydrogen) atoms. The smallest absolute Gasteiger partial charge is 0.216 e. The highest BCUT2D eigenvalue weighted by atomic mass is 32.2.